The van der Waals surface area contributed by atoms with Crippen LogP contribution in [0, 0.1) is 5.92 Å². The smallest absolute Gasteiger partial charge is 0.294 e. The van der Waals surface area contributed by atoms with E-state index in [0.29, 0.717) is 12.2 Å². The number of benzene rings is 1. The number of carbonyl (C=O) groups excluding carboxylic acids is 2. The quantitative estimate of drug-likeness (QED) is 0.708. The first-order valence-electron chi connectivity index (χ1n) is 10.2. The Hall–Kier alpha value is -3.16. The van der Waals surface area contributed by atoms with E-state index in [9.17, 15) is 9.59 Å². The number of rotatable bonds is 4. The van der Waals surface area contributed by atoms with Crippen molar-refractivity contribution < 1.29 is 14.1 Å². The van der Waals surface area contributed by atoms with Gasteiger partial charge >= 0.3 is 0 Å². The number of nitrogens with zero attached hydrogens (tertiary/aromatic N) is 3. The van der Waals surface area contributed by atoms with Gasteiger partial charge in [0, 0.05) is 36.7 Å². The number of piperidine rings is 1. The fourth-order valence-electron chi connectivity index (χ4n) is 4.13. The average molecular weight is 393 g/mol. The van der Waals surface area contributed by atoms with Crippen LogP contribution in [0.2, 0.25) is 0 Å². The van der Waals surface area contributed by atoms with Crippen molar-refractivity contribution in [2.75, 3.05) is 18.4 Å². The third kappa shape index (κ3) is 3.50. The Kier molecular flexibility index (Phi) is 4.54. The molecule has 0 unspecified atom stereocenters. The number of likely N-dealkylation sites (tertiary alicyclic amines) is 1. The molecule has 8 heteroatoms. The zero-order valence-corrected chi connectivity index (χ0v) is 16.1. The van der Waals surface area contributed by atoms with Crippen molar-refractivity contribution in [1.29, 1.82) is 0 Å². The number of aromatic nitrogens is 3. The lowest BCUT2D eigenvalue weighted by atomic mass is 9.83. The summed E-state index contributed by atoms with van der Waals surface area (Å²) in [7, 11) is 0. The maximum atomic E-state index is 12.6. The Morgan fingerprint density at radius 1 is 1.17 bits per heavy atom. The highest BCUT2D eigenvalue weighted by Gasteiger charge is 2.33. The predicted molar refractivity (Wildman–Crippen MR) is 106 cm³/mol. The number of fused-ring (bicyclic) bond motifs is 1. The van der Waals surface area contributed by atoms with Crippen molar-refractivity contribution in [3.63, 3.8) is 0 Å². The number of imidazole rings is 1. The van der Waals surface area contributed by atoms with Gasteiger partial charge in [0.1, 0.15) is 0 Å². The first-order valence-corrected chi connectivity index (χ1v) is 10.2. The van der Waals surface area contributed by atoms with Crippen LogP contribution in [-0.2, 0) is 4.79 Å². The second kappa shape index (κ2) is 7.35. The summed E-state index contributed by atoms with van der Waals surface area (Å²) in [6, 6.07) is 7.15. The largest absolute Gasteiger partial charge is 0.351 e. The fraction of sp³-hybridized carbons (Fsp3) is 0.429. The Bertz CT molecular complexity index is 1050. The van der Waals surface area contributed by atoms with E-state index in [1.165, 1.54) is 0 Å². The van der Waals surface area contributed by atoms with Crippen LogP contribution in [0.15, 0.2) is 35.1 Å². The molecule has 2 N–H and O–H groups in total. The molecule has 1 aliphatic carbocycles. The van der Waals surface area contributed by atoms with Crippen molar-refractivity contribution in [2.24, 2.45) is 5.92 Å². The topological polar surface area (TPSA) is 104 Å². The summed E-state index contributed by atoms with van der Waals surface area (Å²) < 4.78 is 5.31. The van der Waals surface area contributed by atoms with Gasteiger partial charge in [0.25, 0.3) is 5.91 Å². The molecule has 1 aliphatic heterocycles. The molecule has 1 saturated carbocycles. The predicted octanol–water partition coefficient (Wildman–Crippen LogP) is 3.31. The Morgan fingerprint density at radius 2 is 2.07 bits per heavy atom. The molecular formula is C21H23N5O3. The number of H-pyrrole nitrogens is 1. The van der Waals surface area contributed by atoms with Crippen molar-refractivity contribution in [1.82, 2.24) is 20.0 Å². The van der Waals surface area contributed by atoms with Gasteiger partial charge in [-0.05, 0) is 43.9 Å². The molecule has 0 spiro atoms. The summed E-state index contributed by atoms with van der Waals surface area (Å²) in [5.74, 6) is 0.420. The first kappa shape index (κ1) is 17.9. The van der Waals surface area contributed by atoms with Crippen molar-refractivity contribution in [3.05, 3.63) is 42.0 Å². The highest BCUT2D eigenvalue weighted by Crippen LogP contribution is 2.32. The maximum Gasteiger partial charge on any atom is 0.294 e. The molecule has 8 nitrogen and oxygen atoms in total. The van der Waals surface area contributed by atoms with E-state index in [1.54, 1.807) is 18.5 Å². The van der Waals surface area contributed by atoms with Gasteiger partial charge in [-0.1, -0.05) is 11.6 Å². The normalized spacial score (nSPS) is 19.9. The number of anilines is 1. The van der Waals surface area contributed by atoms with E-state index in [2.05, 4.69) is 20.4 Å². The van der Waals surface area contributed by atoms with Crippen LogP contribution in [0.25, 0.3) is 11.0 Å². The van der Waals surface area contributed by atoms with Crippen molar-refractivity contribution in [3.8, 4) is 0 Å². The third-order valence-corrected chi connectivity index (χ3v) is 6.04. The minimum Gasteiger partial charge on any atom is -0.351 e. The van der Waals surface area contributed by atoms with Gasteiger partial charge in [0.05, 0.1) is 23.1 Å². The molecule has 3 aromatic rings. The van der Waals surface area contributed by atoms with E-state index in [0.717, 1.165) is 55.4 Å². The van der Waals surface area contributed by atoms with Gasteiger partial charge in [0.2, 0.25) is 11.7 Å². The lowest BCUT2D eigenvalue weighted by Gasteiger charge is -2.36. The zero-order chi connectivity index (χ0) is 19.8. The van der Waals surface area contributed by atoms with Crippen LogP contribution in [-0.4, -0.2) is 44.9 Å². The maximum absolute atomic E-state index is 12.6. The van der Waals surface area contributed by atoms with E-state index in [-0.39, 0.29) is 29.4 Å². The second-order valence-electron chi connectivity index (χ2n) is 7.96. The lowest BCUT2D eigenvalue weighted by Crippen LogP contribution is -2.44. The molecule has 0 bridgehead atoms. The molecule has 2 aromatic heterocycles. The Morgan fingerprint density at radius 3 is 2.90 bits per heavy atom. The monoisotopic (exact) mass is 393 g/mol. The van der Waals surface area contributed by atoms with Crippen LogP contribution in [0.3, 0.4) is 0 Å². The number of hydrogen-bond acceptors (Lipinski definition) is 5. The molecule has 2 aliphatic rings. The van der Waals surface area contributed by atoms with Crippen LogP contribution >= 0.6 is 0 Å². The third-order valence-electron chi connectivity index (χ3n) is 6.04. The van der Waals surface area contributed by atoms with Gasteiger partial charge in [-0.25, -0.2) is 4.98 Å². The van der Waals surface area contributed by atoms with Gasteiger partial charge < -0.3 is 19.7 Å². The summed E-state index contributed by atoms with van der Waals surface area (Å²) in [6.45, 7) is 1.46. The molecule has 3 heterocycles. The summed E-state index contributed by atoms with van der Waals surface area (Å²) in [5.41, 5.74) is 3.08. The minimum atomic E-state index is -0.346. The first-order chi connectivity index (χ1) is 14.2. The summed E-state index contributed by atoms with van der Waals surface area (Å²) in [5, 5.41) is 6.96. The van der Waals surface area contributed by atoms with Gasteiger partial charge in [-0.15, -0.1) is 0 Å². The average Bonchev–Trinajstić information content (AvgIpc) is 3.36. The van der Waals surface area contributed by atoms with Crippen LogP contribution in [0.4, 0.5) is 5.69 Å². The molecule has 0 radical (unpaired) electrons. The molecule has 1 saturated heterocycles. The van der Waals surface area contributed by atoms with Crippen LogP contribution in [0.1, 0.15) is 54.3 Å². The SMILES string of the molecule is O=C(Nc1ccc2nc[nH]c2c1)c1cc([C@@H]2CCCN(C(=O)C3CCC3)C2)no1. The zero-order valence-electron chi connectivity index (χ0n) is 16.1. The van der Waals surface area contributed by atoms with Crippen molar-refractivity contribution >= 4 is 28.5 Å². The number of nitrogens with one attached hydrogen (secondary N) is 2. The van der Waals surface area contributed by atoms with E-state index < -0.39 is 0 Å². The molecule has 150 valence electrons. The second-order valence-corrected chi connectivity index (χ2v) is 7.96. The number of hydrogen-bond donors (Lipinski definition) is 2. The molecule has 2 amide bonds. The Labute approximate surface area is 167 Å². The van der Waals surface area contributed by atoms with Crippen LogP contribution < -0.4 is 5.32 Å². The summed E-state index contributed by atoms with van der Waals surface area (Å²) in [6.07, 6.45) is 6.68. The standard InChI is InChI=1S/C21H23N5O3/c27-20(24-15-6-7-16-18(9-15)23-12-22-16)19-10-17(25-29-19)14-5-2-8-26(11-14)21(28)13-3-1-4-13/h6-7,9-10,12-14H,1-5,8,11H2,(H,22,23)(H,24,27)/t14-/m1/s1. The molecule has 1 atom stereocenters. The molecule has 29 heavy (non-hydrogen) atoms. The van der Waals surface area contributed by atoms with Gasteiger partial charge in [-0.3, -0.25) is 9.59 Å². The number of aromatic amines is 1. The lowest BCUT2D eigenvalue weighted by molar-refractivity contribution is -0.139. The number of carbonyl (C=O) groups is 2. The van der Waals surface area contributed by atoms with E-state index in [1.807, 2.05) is 17.0 Å². The fourth-order valence-corrected chi connectivity index (χ4v) is 4.13. The molecule has 1 aromatic carbocycles. The summed E-state index contributed by atoms with van der Waals surface area (Å²) in [4.78, 5) is 34.3. The Balaban J connectivity index is 1.25. The van der Waals surface area contributed by atoms with Gasteiger partial charge in [0.15, 0.2) is 0 Å². The molecular weight excluding hydrogens is 370 g/mol. The summed E-state index contributed by atoms with van der Waals surface area (Å²) >= 11 is 0. The van der Waals surface area contributed by atoms with E-state index >= 15 is 0 Å². The highest BCUT2D eigenvalue weighted by atomic mass is 16.5. The van der Waals surface area contributed by atoms with Crippen molar-refractivity contribution in [2.45, 2.75) is 38.0 Å². The minimum absolute atomic E-state index is 0.111. The van der Waals surface area contributed by atoms with Gasteiger partial charge in [-0.2, -0.15) is 0 Å². The molecule has 2 fully saturated rings. The molecule has 5 rings (SSSR count). The number of amides is 2. The van der Waals surface area contributed by atoms with Crippen LogP contribution in [0.5, 0.6) is 0 Å². The highest BCUT2D eigenvalue weighted by molar-refractivity contribution is 6.03. The van der Waals surface area contributed by atoms with E-state index in [4.69, 9.17) is 4.52 Å².